The van der Waals surface area contributed by atoms with Crippen molar-refractivity contribution in [2.75, 3.05) is 6.61 Å². The Hall–Kier alpha value is -2.31. The average Bonchev–Trinajstić information content (AvgIpc) is 2.50. The van der Waals surface area contributed by atoms with Gasteiger partial charge in [0.2, 0.25) is 0 Å². The van der Waals surface area contributed by atoms with E-state index in [0.29, 0.717) is 13.2 Å². The lowest BCUT2D eigenvalue weighted by molar-refractivity contribution is 0.339. The molecule has 0 spiro atoms. The Morgan fingerprint density at radius 3 is 2.65 bits per heavy atom. The topological polar surface area (TPSA) is 45.0 Å². The van der Waals surface area contributed by atoms with Gasteiger partial charge in [-0.2, -0.15) is 5.26 Å². The van der Waals surface area contributed by atoms with E-state index in [1.54, 1.807) is 0 Å². The van der Waals surface area contributed by atoms with Crippen LogP contribution in [-0.2, 0) is 6.54 Å². The first-order chi connectivity index (χ1) is 9.83. The molecule has 0 radical (unpaired) electrons. The molecule has 0 fully saturated rings. The van der Waals surface area contributed by atoms with Crippen molar-refractivity contribution in [1.29, 1.82) is 5.26 Å². The molecule has 0 heterocycles. The fourth-order valence-electron chi connectivity index (χ4n) is 2.00. The maximum Gasteiger partial charge on any atom is 0.121 e. The number of benzene rings is 2. The van der Waals surface area contributed by atoms with Crippen molar-refractivity contribution in [3.05, 3.63) is 65.7 Å². The highest BCUT2D eigenvalue weighted by Gasteiger charge is 2.10. The maximum atomic E-state index is 9.32. The van der Waals surface area contributed by atoms with Gasteiger partial charge in [0, 0.05) is 6.54 Å². The van der Waals surface area contributed by atoms with E-state index < -0.39 is 0 Å². The number of ether oxygens (including phenoxy) is 1. The van der Waals surface area contributed by atoms with E-state index >= 15 is 0 Å². The lowest BCUT2D eigenvalue weighted by atomic mass is 10.1. The fourth-order valence-corrected chi connectivity index (χ4v) is 2.00. The summed E-state index contributed by atoms with van der Waals surface area (Å²) in [5, 5.41) is 12.6. The van der Waals surface area contributed by atoms with E-state index in [-0.39, 0.29) is 6.04 Å². The Bertz CT molecular complexity index is 575. The second kappa shape index (κ2) is 7.32. The molecule has 0 bridgehead atoms. The molecule has 0 aromatic heterocycles. The number of nitriles is 1. The largest absolute Gasteiger partial charge is 0.494 e. The van der Waals surface area contributed by atoms with Crippen LogP contribution in [0.5, 0.6) is 5.75 Å². The number of hydrogen-bond donors (Lipinski definition) is 1. The zero-order chi connectivity index (χ0) is 14.2. The van der Waals surface area contributed by atoms with E-state index in [2.05, 4.69) is 11.4 Å². The molecule has 0 saturated carbocycles. The van der Waals surface area contributed by atoms with Crippen LogP contribution in [0.15, 0.2) is 54.6 Å². The van der Waals surface area contributed by atoms with Crippen LogP contribution in [0, 0.1) is 11.3 Å². The summed E-state index contributed by atoms with van der Waals surface area (Å²) in [6, 6.07) is 19.7. The van der Waals surface area contributed by atoms with Gasteiger partial charge in [0.25, 0.3) is 0 Å². The minimum Gasteiger partial charge on any atom is -0.494 e. The van der Waals surface area contributed by atoms with Gasteiger partial charge in [0.1, 0.15) is 11.8 Å². The molecule has 3 heteroatoms. The van der Waals surface area contributed by atoms with Crippen LogP contribution in [0.25, 0.3) is 0 Å². The summed E-state index contributed by atoms with van der Waals surface area (Å²) >= 11 is 0. The second-order valence-corrected chi connectivity index (χ2v) is 4.43. The Morgan fingerprint density at radius 1 is 1.15 bits per heavy atom. The van der Waals surface area contributed by atoms with E-state index in [1.807, 2.05) is 61.5 Å². The van der Waals surface area contributed by atoms with E-state index in [1.165, 1.54) is 0 Å². The Labute approximate surface area is 119 Å². The quantitative estimate of drug-likeness (QED) is 0.871. The van der Waals surface area contributed by atoms with Crippen LogP contribution in [0.3, 0.4) is 0 Å². The molecule has 3 nitrogen and oxygen atoms in total. The normalized spacial score (nSPS) is 11.6. The van der Waals surface area contributed by atoms with E-state index in [4.69, 9.17) is 4.74 Å². The molecule has 0 aliphatic heterocycles. The van der Waals surface area contributed by atoms with Crippen molar-refractivity contribution >= 4 is 0 Å². The molecule has 0 aliphatic carbocycles. The lowest BCUT2D eigenvalue weighted by Gasteiger charge is -2.13. The monoisotopic (exact) mass is 266 g/mol. The zero-order valence-electron chi connectivity index (χ0n) is 11.5. The average molecular weight is 266 g/mol. The van der Waals surface area contributed by atoms with Gasteiger partial charge in [-0.25, -0.2) is 0 Å². The predicted molar refractivity (Wildman–Crippen MR) is 79.2 cm³/mol. The third kappa shape index (κ3) is 3.84. The van der Waals surface area contributed by atoms with Gasteiger partial charge in [-0.3, -0.25) is 5.32 Å². The van der Waals surface area contributed by atoms with Crippen LogP contribution >= 0.6 is 0 Å². The second-order valence-electron chi connectivity index (χ2n) is 4.43. The number of rotatable bonds is 6. The molecule has 0 aliphatic rings. The molecular formula is C17H18N2O. The van der Waals surface area contributed by atoms with Gasteiger partial charge in [0.05, 0.1) is 12.7 Å². The van der Waals surface area contributed by atoms with Crippen molar-refractivity contribution < 1.29 is 4.74 Å². The summed E-state index contributed by atoms with van der Waals surface area (Å²) in [4.78, 5) is 0. The molecule has 2 rings (SSSR count). The highest BCUT2D eigenvalue weighted by Crippen LogP contribution is 2.19. The standard InChI is InChI=1S/C17H18N2O/c1-2-20-16-10-6-9-15(11-16)17(12-18)19-13-14-7-4-3-5-8-14/h3-11,17,19H,2,13H2,1H3. The first-order valence-electron chi connectivity index (χ1n) is 6.73. The first-order valence-corrected chi connectivity index (χ1v) is 6.73. The Balaban J connectivity index is 2.05. The van der Waals surface area contributed by atoms with Gasteiger partial charge < -0.3 is 4.74 Å². The molecular weight excluding hydrogens is 248 g/mol. The van der Waals surface area contributed by atoms with Crippen LogP contribution in [0.2, 0.25) is 0 Å². The van der Waals surface area contributed by atoms with Crippen molar-refractivity contribution in [3.8, 4) is 11.8 Å². The molecule has 1 unspecified atom stereocenters. The summed E-state index contributed by atoms with van der Waals surface area (Å²) in [7, 11) is 0. The van der Waals surface area contributed by atoms with Gasteiger partial charge >= 0.3 is 0 Å². The SMILES string of the molecule is CCOc1cccc(C(C#N)NCc2ccccc2)c1. The summed E-state index contributed by atoms with van der Waals surface area (Å²) < 4.78 is 5.47. The van der Waals surface area contributed by atoms with Crippen molar-refractivity contribution in [2.24, 2.45) is 0 Å². The van der Waals surface area contributed by atoms with Crippen LogP contribution < -0.4 is 10.1 Å². The summed E-state index contributed by atoms with van der Waals surface area (Å²) in [5.41, 5.74) is 2.09. The third-order valence-corrected chi connectivity index (χ3v) is 2.98. The first kappa shape index (κ1) is 14.1. The van der Waals surface area contributed by atoms with E-state index in [9.17, 15) is 5.26 Å². The van der Waals surface area contributed by atoms with Crippen molar-refractivity contribution in [1.82, 2.24) is 5.32 Å². The maximum absolute atomic E-state index is 9.32. The van der Waals surface area contributed by atoms with E-state index in [0.717, 1.165) is 16.9 Å². The van der Waals surface area contributed by atoms with Gasteiger partial charge in [-0.1, -0.05) is 42.5 Å². The molecule has 1 N–H and O–H groups in total. The minimum atomic E-state index is -0.337. The molecule has 2 aromatic carbocycles. The summed E-state index contributed by atoms with van der Waals surface area (Å²) in [6.45, 7) is 3.23. The molecule has 20 heavy (non-hydrogen) atoms. The van der Waals surface area contributed by atoms with Crippen LogP contribution in [0.4, 0.5) is 0 Å². The minimum absolute atomic E-state index is 0.337. The number of nitrogens with one attached hydrogen (secondary N) is 1. The van der Waals surface area contributed by atoms with Gasteiger partial charge in [0.15, 0.2) is 0 Å². The fraction of sp³-hybridized carbons (Fsp3) is 0.235. The molecule has 0 saturated heterocycles. The predicted octanol–water partition coefficient (Wildman–Crippen LogP) is 3.44. The number of hydrogen-bond acceptors (Lipinski definition) is 3. The molecule has 102 valence electrons. The highest BCUT2D eigenvalue weighted by atomic mass is 16.5. The van der Waals surface area contributed by atoms with Crippen LogP contribution in [-0.4, -0.2) is 6.61 Å². The lowest BCUT2D eigenvalue weighted by Crippen LogP contribution is -2.19. The highest BCUT2D eigenvalue weighted by molar-refractivity contribution is 5.33. The molecule has 0 amide bonds. The third-order valence-electron chi connectivity index (χ3n) is 2.98. The summed E-state index contributed by atoms with van der Waals surface area (Å²) in [6.07, 6.45) is 0. The number of nitrogens with zero attached hydrogens (tertiary/aromatic N) is 1. The van der Waals surface area contributed by atoms with Gasteiger partial charge in [-0.05, 0) is 30.2 Å². The Morgan fingerprint density at radius 2 is 1.95 bits per heavy atom. The smallest absolute Gasteiger partial charge is 0.121 e. The van der Waals surface area contributed by atoms with Crippen molar-refractivity contribution in [3.63, 3.8) is 0 Å². The zero-order valence-corrected chi connectivity index (χ0v) is 11.5. The molecule has 2 aromatic rings. The summed E-state index contributed by atoms with van der Waals surface area (Å²) in [5.74, 6) is 0.798. The van der Waals surface area contributed by atoms with Crippen molar-refractivity contribution in [2.45, 2.75) is 19.5 Å². The molecule has 1 atom stereocenters. The van der Waals surface area contributed by atoms with Crippen LogP contribution in [0.1, 0.15) is 24.1 Å². The Kier molecular flexibility index (Phi) is 5.16. The van der Waals surface area contributed by atoms with Gasteiger partial charge in [-0.15, -0.1) is 0 Å².